The van der Waals surface area contributed by atoms with Crippen LogP contribution in [0.3, 0.4) is 0 Å². The molecular formula is C14H15N3OS. The number of amides is 1. The molecule has 98 valence electrons. The number of thioether (sulfide) groups is 1. The number of hydrogen-bond donors (Lipinski definition) is 0. The quantitative estimate of drug-likeness (QED) is 0.679. The average molecular weight is 273 g/mol. The Hall–Kier alpha value is -1.46. The van der Waals surface area contributed by atoms with E-state index in [4.69, 9.17) is 0 Å². The molecule has 4 nitrogen and oxygen atoms in total. The van der Waals surface area contributed by atoms with Crippen molar-refractivity contribution in [3.05, 3.63) is 10.6 Å². The summed E-state index contributed by atoms with van der Waals surface area (Å²) in [6.45, 7) is 0.637. The first kappa shape index (κ1) is 12.6. The Morgan fingerprint density at radius 2 is 2.00 bits per heavy atom. The Kier molecular flexibility index (Phi) is 3.03. The van der Waals surface area contributed by atoms with Crippen molar-refractivity contribution in [2.45, 2.75) is 32.1 Å². The molecule has 1 aliphatic carbocycles. The number of hydrogen-bond acceptors (Lipinski definition) is 4. The molecule has 0 bridgehead atoms. The smallest absolute Gasteiger partial charge is 0.245 e. The number of fused-ring (bicyclic) bond motifs is 1. The Morgan fingerprint density at radius 1 is 1.26 bits per heavy atom. The van der Waals surface area contributed by atoms with Crippen LogP contribution in [0, 0.1) is 34.0 Å². The van der Waals surface area contributed by atoms with Gasteiger partial charge in [0, 0.05) is 17.7 Å². The van der Waals surface area contributed by atoms with Crippen LogP contribution >= 0.6 is 11.8 Å². The fourth-order valence-corrected chi connectivity index (χ4v) is 4.84. The lowest BCUT2D eigenvalue weighted by Gasteiger charge is -2.45. The SMILES string of the molecule is N#CC1=C2SCCN2C(=O)[C@H](C#N)C12CCCCC2. The normalized spacial score (nSPS) is 29.1. The lowest BCUT2D eigenvalue weighted by Crippen LogP contribution is -2.49. The van der Waals surface area contributed by atoms with Crippen molar-refractivity contribution >= 4 is 17.7 Å². The van der Waals surface area contributed by atoms with Crippen molar-refractivity contribution in [3.8, 4) is 12.1 Å². The molecule has 1 spiro atoms. The van der Waals surface area contributed by atoms with Crippen LogP contribution < -0.4 is 0 Å². The standard InChI is InChI=1S/C14H15N3OS/c15-8-10-12(18)17-6-7-19-13(17)11(9-16)14(10)4-2-1-3-5-14/h10H,1-7H2/t10-/m0/s1. The molecule has 1 saturated carbocycles. The highest BCUT2D eigenvalue weighted by Crippen LogP contribution is 2.55. The van der Waals surface area contributed by atoms with E-state index in [1.807, 2.05) is 0 Å². The van der Waals surface area contributed by atoms with Gasteiger partial charge in [-0.05, 0) is 12.8 Å². The van der Waals surface area contributed by atoms with Crippen molar-refractivity contribution in [1.82, 2.24) is 4.90 Å². The fourth-order valence-electron chi connectivity index (χ4n) is 3.64. The van der Waals surface area contributed by atoms with Crippen molar-refractivity contribution < 1.29 is 4.79 Å². The Morgan fingerprint density at radius 3 is 2.63 bits per heavy atom. The van der Waals surface area contributed by atoms with Gasteiger partial charge in [0.25, 0.3) is 0 Å². The molecule has 2 fully saturated rings. The van der Waals surface area contributed by atoms with Gasteiger partial charge < -0.3 is 4.90 Å². The van der Waals surface area contributed by atoms with Crippen molar-refractivity contribution in [1.29, 1.82) is 10.5 Å². The van der Waals surface area contributed by atoms with Crippen LogP contribution in [0.15, 0.2) is 10.6 Å². The third-order valence-electron chi connectivity index (χ3n) is 4.56. The summed E-state index contributed by atoms with van der Waals surface area (Å²) < 4.78 is 0. The Balaban J connectivity index is 2.18. The van der Waals surface area contributed by atoms with E-state index < -0.39 is 11.3 Å². The van der Waals surface area contributed by atoms with E-state index in [0.717, 1.165) is 42.9 Å². The minimum Gasteiger partial charge on any atom is -0.304 e. The maximum Gasteiger partial charge on any atom is 0.245 e. The van der Waals surface area contributed by atoms with E-state index in [1.165, 1.54) is 0 Å². The Bertz CT molecular complexity index is 534. The highest BCUT2D eigenvalue weighted by Gasteiger charge is 2.54. The molecule has 0 aromatic heterocycles. The molecule has 3 rings (SSSR count). The fraction of sp³-hybridized carbons (Fsp3) is 0.643. The van der Waals surface area contributed by atoms with Crippen molar-refractivity contribution in [3.63, 3.8) is 0 Å². The average Bonchev–Trinajstić information content (AvgIpc) is 2.90. The summed E-state index contributed by atoms with van der Waals surface area (Å²) in [5, 5.41) is 19.9. The molecule has 0 radical (unpaired) electrons. The van der Waals surface area contributed by atoms with Gasteiger partial charge in [-0.1, -0.05) is 19.3 Å². The number of nitrogens with zero attached hydrogens (tertiary/aromatic N) is 3. The van der Waals surface area contributed by atoms with E-state index in [1.54, 1.807) is 16.7 Å². The summed E-state index contributed by atoms with van der Waals surface area (Å²) in [6.07, 6.45) is 4.76. The third-order valence-corrected chi connectivity index (χ3v) is 5.65. The summed E-state index contributed by atoms with van der Waals surface area (Å²) in [4.78, 5) is 14.2. The number of carbonyl (C=O) groups excluding carboxylic acids is 1. The molecule has 19 heavy (non-hydrogen) atoms. The molecule has 1 atom stereocenters. The second kappa shape index (κ2) is 4.58. The van der Waals surface area contributed by atoms with E-state index in [0.29, 0.717) is 12.1 Å². The highest BCUT2D eigenvalue weighted by atomic mass is 32.2. The summed E-state index contributed by atoms with van der Waals surface area (Å²) in [5.41, 5.74) is 0.211. The van der Waals surface area contributed by atoms with Crippen LogP contribution in [0.5, 0.6) is 0 Å². The molecule has 5 heteroatoms. The summed E-state index contributed by atoms with van der Waals surface area (Å²) in [6, 6.07) is 4.54. The summed E-state index contributed by atoms with van der Waals surface area (Å²) in [7, 11) is 0. The third kappa shape index (κ3) is 1.61. The van der Waals surface area contributed by atoms with E-state index >= 15 is 0 Å². The molecule has 0 unspecified atom stereocenters. The Labute approximate surface area is 117 Å². The van der Waals surface area contributed by atoms with Crippen LogP contribution in [0.4, 0.5) is 0 Å². The van der Waals surface area contributed by atoms with Gasteiger partial charge in [0.15, 0.2) is 0 Å². The molecule has 3 aliphatic rings. The molecular weight excluding hydrogens is 258 g/mol. The van der Waals surface area contributed by atoms with Gasteiger partial charge in [0.2, 0.25) is 5.91 Å². The molecule has 0 N–H and O–H groups in total. The minimum absolute atomic E-state index is 0.0802. The highest BCUT2D eigenvalue weighted by molar-refractivity contribution is 8.03. The molecule has 1 amide bonds. The van der Waals surface area contributed by atoms with Crippen LogP contribution in [0.1, 0.15) is 32.1 Å². The van der Waals surface area contributed by atoms with Gasteiger partial charge in [-0.25, -0.2) is 0 Å². The topological polar surface area (TPSA) is 67.9 Å². The monoisotopic (exact) mass is 273 g/mol. The molecule has 1 saturated heterocycles. The number of allylic oxidation sites excluding steroid dienone is 1. The number of rotatable bonds is 0. The molecule has 2 aliphatic heterocycles. The van der Waals surface area contributed by atoms with Crippen LogP contribution in [-0.4, -0.2) is 23.1 Å². The first-order chi connectivity index (χ1) is 9.24. The van der Waals surface area contributed by atoms with Crippen LogP contribution in [-0.2, 0) is 4.79 Å². The number of carbonyl (C=O) groups is 1. The number of nitriles is 2. The van der Waals surface area contributed by atoms with Crippen LogP contribution in [0.25, 0.3) is 0 Å². The predicted octanol–water partition coefficient (Wildman–Crippen LogP) is 2.40. The van der Waals surface area contributed by atoms with Gasteiger partial charge in [0.05, 0.1) is 22.7 Å². The maximum atomic E-state index is 12.5. The molecule has 0 aromatic rings. The second-order valence-electron chi connectivity index (χ2n) is 5.41. The zero-order valence-electron chi connectivity index (χ0n) is 10.7. The summed E-state index contributed by atoms with van der Waals surface area (Å²) >= 11 is 1.60. The lowest BCUT2D eigenvalue weighted by molar-refractivity contribution is -0.136. The van der Waals surface area contributed by atoms with Crippen LogP contribution in [0.2, 0.25) is 0 Å². The van der Waals surface area contributed by atoms with Gasteiger partial charge in [0.1, 0.15) is 5.92 Å². The molecule has 2 heterocycles. The van der Waals surface area contributed by atoms with E-state index in [9.17, 15) is 15.3 Å². The lowest BCUT2D eigenvalue weighted by atomic mass is 9.60. The van der Waals surface area contributed by atoms with Gasteiger partial charge >= 0.3 is 0 Å². The van der Waals surface area contributed by atoms with Crippen molar-refractivity contribution in [2.75, 3.05) is 12.3 Å². The first-order valence-corrected chi connectivity index (χ1v) is 7.72. The molecule has 0 aromatic carbocycles. The predicted molar refractivity (Wildman–Crippen MR) is 71.4 cm³/mol. The first-order valence-electron chi connectivity index (χ1n) is 6.73. The van der Waals surface area contributed by atoms with E-state index in [-0.39, 0.29) is 5.91 Å². The van der Waals surface area contributed by atoms with E-state index in [2.05, 4.69) is 12.1 Å². The van der Waals surface area contributed by atoms with Gasteiger partial charge in [-0.15, -0.1) is 11.8 Å². The van der Waals surface area contributed by atoms with Gasteiger partial charge in [-0.3, -0.25) is 4.79 Å². The van der Waals surface area contributed by atoms with Crippen molar-refractivity contribution in [2.24, 2.45) is 11.3 Å². The largest absolute Gasteiger partial charge is 0.304 e. The zero-order chi connectivity index (χ0) is 13.5. The minimum atomic E-state index is -0.662. The van der Waals surface area contributed by atoms with Gasteiger partial charge in [-0.2, -0.15) is 10.5 Å². The summed E-state index contributed by atoms with van der Waals surface area (Å²) in [5.74, 6) is 0.0915. The maximum absolute atomic E-state index is 12.5. The second-order valence-corrected chi connectivity index (χ2v) is 6.49. The zero-order valence-corrected chi connectivity index (χ0v) is 11.5.